The zero-order chi connectivity index (χ0) is 24.5. The molecule has 0 saturated carbocycles. The van der Waals surface area contributed by atoms with Crippen LogP contribution in [-0.2, 0) is 9.53 Å². The summed E-state index contributed by atoms with van der Waals surface area (Å²) >= 11 is 7.81. The third-order valence-electron chi connectivity index (χ3n) is 6.39. The fourth-order valence-corrected chi connectivity index (χ4v) is 5.78. The van der Waals surface area contributed by atoms with Crippen LogP contribution in [0, 0.1) is 31.6 Å². The van der Waals surface area contributed by atoms with E-state index in [0.29, 0.717) is 16.8 Å². The van der Waals surface area contributed by atoms with Crippen molar-refractivity contribution in [2.45, 2.75) is 39.2 Å². The Balaban J connectivity index is 1.70. The van der Waals surface area contributed by atoms with Crippen molar-refractivity contribution in [2.75, 3.05) is 20.3 Å². The summed E-state index contributed by atoms with van der Waals surface area (Å²) in [4.78, 5) is 18.5. The zero-order valence-corrected chi connectivity index (χ0v) is 21.5. The van der Waals surface area contributed by atoms with Crippen LogP contribution in [0.3, 0.4) is 0 Å². The van der Waals surface area contributed by atoms with Crippen LogP contribution in [0.2, 0.25) is 5.02 Å². The number of fused-ring (bicyclic) bond motifs is 3. The number of carbonyl (C=O) groups is 1. The molecule has 0 aliphatic carbocycles. The van der Waals surface area contributed by atoms with E-state index < -0.39 is 6.04 Å². The lowest BCUT2D eigenvalue weighted by Gasteiger charge is -2.16. The van der Waals surface area contributed by atoms with Crippen molar-refractivity contribution in [3.63, 3.8) is 0 Å². The second-order valence-corrected chi connectivity index (χ2v) is 10.1. The molecule has 0 radical (unpaired) electrons. The fraction of sp³-hybridized carbons (Fsp3) is 0.385. The highest BCUT2D eigenvalue weighted by atomic mass is 35.5. The second-order valence-electron chi connectivity index (χ2n) is 8.71. The van der Waals surface area contributed by atoms with Gasteiger partial charge in [0.2, 0.25) is 5.91 Å². The predicted octanol–water partition coefficient (Wildman–Crippen LogP) is 4.41. The molecule has 7 nitrogen and oxygen atoms in total. The van der Waals surface area contributed by atoms with E-state index in [-0.39, 0.29) is 12.3 Å². The molecule has 1 amide bonds. The van der Waals surface area contributed by atoms with Gasteiger partial charge in [-0.1, -0.05) is 35.6 Å². The lowest BCUT2D eigenvalue weighted by atomic mass is 9.98. The number of rotatable bonds is 3. The van der Waals surface area contributed by atoms with Crippen molar-refractivity contribution in [1.82, 2.24) is 20.1 Å². The molecule has 3 aromatic rings. The van der Waals surface area contributed by atoms with Crippen molar-refractivity contribution >= 4 is 34.6 Å². The first kappa shape index (κ1) is 23.7. The standard InChI is InChI=1S/C26H26ClN5O2S/c1-15-21(9-4-17-10-12-34-13-11-17)35-26-23(15)24(18-5-7-19(27)8-6-18)29-20(14-22(33)28-3)25-31-30-16(2)32(25)26/h5-8,17,20H,10-14H2,1-3H3,(H,28,33)/t20-/m0/s1. The minimum absolute atomic E-state index is 0.105. The summed E-state index contributed by atoms with van der Waals surface area (Å²) in [5, 5.41) is 13.1. The van der Waals surface area contributed by atoms with Crippen LogP contribution in [0.5, 0.6) is 0 Å². The SMILES string of the molecule is CNC(=O)C[C@@H]1N=C(c2ccc(Cl)cc2)c2c(sc(C#CC3CCOCC3)c2C)-n2c(C)nnc21. The number of benzene rings is 1. The highest BCUT2D eigenvalue weighted by molar-refractivity contribution is 7.15. The largest absolute Gasteiger partial charge is 0.381 e. The Morgan fingerprint density at radius 3 is 2.69 bits per heavy atom. The predicted molar refractivity (Wildman–Crippen MR) is 138 cm³/mol. The van der Waals surface area contributed by atoms with E-state index in [4.69, 9.17) is 21.3 Å². The van der Waals surface area contributed by atoms with Gasteiger partial charge in [-0.3, -0.25) is 14.4 Å². The summed E-state index contributed by atoms with van der Waals surface area (Å²) in [6.45, 7) is 5.55. The normalized spacial score (nSPS) is 17.5. The van der Waals surface area contributed by atoms with Gasteiger partial charge in [-0.05, 0) is 44.4 Å². The molecule has 1 aromatic carbocycles. The minimum Gasteiger partial charge on any atom is -0.381 e. The topological polar surface area (TPSA) is 81.4 Å². The van der Waals surface area contributed by atoms with Crippen LogP contribution in [0.15, 0.2) is 29.3 Å². The number of hydrogen-bond acceptors (Lipinski definition) is 6. The number of aromatic nitrogens is 3. The highest BCUT2D eigenvalue weighted by Gasteiger charge is 2.32. The Hall–Kier alpha value is -2.99. The van der Waals surface area contributed by atoms with Crippen molar-refractivity contribution in [3.8, 4) is 16.8 Å². The van der Waals surface area contributed by atoms with Crippen molar-refractivity contribution in [3.05, 3.63) is 62.5 Å². The lowest BCUT2D eigenvalue weighted by Crippen LogP contribution is -2.21. The number of aliphatic imine (C=N–C) groups is 1. The Morgan fingerprint density at radius 1 is 1.23 bits per heavy atom. The van der Waals surface area contributed by atoms with Gasteiger partial charge < -0.3 is 10.1 Å². The smallest absolute Gasteiger partial charge is 0.222 e. The number of hydrogen-bond donors (Lipinski definition) is 1. The molecule has 1 fully saturated rings. The van der Waals surface area contributed by atoms with Crippen LogP contribution >= 0.6 is 22.9 Å². The van der Waals surface area contributed by atoms with E-state index >= 15 is 0 Å². The van der Waals surface area contributed by atoms with Crippen LogP contribution in [0.25, 0.3) is 5.00 Å². The Kier molecular flexibility index (Phi) is 6.74. The van der Waals surface area contributed by atoms with Crippen molar-refractivity contribution < 1.29 is 9.53 Å². The van der Waals surface area contributed by atoms with Gasteiger partial charge in [0.25, 0.3) is 0 Å². The van der Waals surface area contributed by atoms with E-state index in [1.807, 2.05) is 35.8 Å². The zero-order valence-electron chi connectivity index (χ0n) is 19.9. The molecule has 0 spiro atoms. The van der Waals surface area contributed by atoms with Gasteiger partial charge in [0, 0.05) is 42.3 Å². The van der Waals surface area contributed by atoms with Gasteiger partial charge >= 0.3 is 0 Å². The molecule has 0 bridgehead atoms. The Morgan fingerprint density at radius 2 is 1.97 bits per heavy atom. The average Bonchev–Trinajstić information content (AvgIpc) is 3.36. The molecule has 2 aliphatic rings. The third-order valence-corrected chi connectivity index (χ3v) is 7.83. The molecule has 1 saturated heterocycles. The number of nitrogens with zero attached hydrogens (tertiary/aromatic N) is 4. The van der Waals surface area contributed by atoms with E-state index in [0.717, 1.165) is 64.2 Å². The van der Waals surface area contributed by atoms with E-state index in [2.05, 4.69) is 34.3 Å². The summed E-state index contributed by atoms with van der Waals surface area (Å²) in [6, 6.07) is 7.17. The first-order valence-corrected chi connectivity index (χ1v) is 12.9. The number of thiophene rings is 1. The van der Waals surface area contributed by atoms with Gasteiger partial charge in [0.1, 0.15) is 16.9 Å². The maximum atomic E-state index is 12.4. The summed E-state index contributed by atoms with van der Waals surface area (Å²) in [7, 11) is 1.63. The van der Waals surface area contributed by atoms with Crippen LogP contribution < -0.4 is 5.32 Å². The van der Waals surface area contributed by atoms with Gasteiger partial charge in [-0.2, -0.15) is 0 Å². The van der Waals surface area contributed by atoms with Crippen molar-refractivity contribution in [2.24, 2.45) is 10.9 Å². The number of carbonyl (C=O) groups excluding carboxylic acids is 1. The summed E-state index contributed by atoms with van der Waals surface area (Å²) in [6.07, 6.45) is 2.10. The van der Waals surface area contributed by atoms with Gasteiger partial charge in [-0.15, -0.1) is 21.5 Å². The molecule has 0 unspecified atom stereocenters. The van der Waals surface area contributed by atoms with Gasteiger partial charge in [0.15, 0.2) is 5.82 Å². The second kappa shape index (κ2) is 9.94. The van der Waals surface area contributed by atoms with Crippen molar-refractivity contribution in [1.29, 1.82) is 0 Å². The maximum Gasteiger partial charge on any atom is 0.222 e. The number of halogens is 1. The molecular weight excluding hydrogens is 482 g/mol. The average molecular weight is 508 g/mol. The van der Waals surface area contributed by atoms with E-state index in [9.17, 15) is 4.79 Å². The number of aryl methyl sites for hydroxylation is 1. The van der Waals surface area contributed by atoms with Crippen LogP contribution in [0.1, 0.15) is 58.5 Å². The summed E-state index contributed by atoms with van der Waals surface area (Å²) in [5.74, 6) is 8.57. The molecular formula is C26H26ClN5O2S. The minimum atomic E-state index is -0.474. The molecule has 35 heavy (non-hydrogen) atoms. The van der Waals surface area contributed by atoms with E-state index in [1.54, 1.807) is 18.4 Å². The summed E-state index contributed by atoms with van der Waals surface area (Å²) in [5.41, 5.74) is 3.80. The molecule has 1 atom stereocenters. The van der Waals surface area contributed by atoms with Crippen LogP contribution in [0.4, 0.5) is 0 Å². The number of amides is 1. The molecule has 1 N–H and O–H groups in total. The van der Waals surface area contributed by atoms with Crippen LogP contribution in [-0.4, -0.2) is 46.6 Å². The lowest BCUT2D eigenvalue weighted by molar-refractivity contribution is -0.121. The highest BCUT2D eigenvalue weighted by Crippen LogP contribution is 2.39. The third kappa shape index (κ3) is 4.64. The Bertz CT molecular complexity index is 1360. The fourth-order valence-electron chi connectivity index (χ4n) is 4.43. The first-order valence-electron chi connectivity index (χ1n) is 11.7. The van der Waals surface area contributed by atoms with Gasteiger partial charge in [-0.25, -0.2) is 0 Å². The summed E-state index contributed by atoms with van der Waals surface area (Å²) < 4.78 is 7.51. The molecule has 2 aliphatic heterocycles. The first-order chi connectivity index (χ1) is 17.0. The molecule has 2 aromatic heterocycles. The molecule has 5 rings (SSSR count). The maximum absolute atomic E-state index is 12.4. The molecule has 9 heteroatoms. The van der Waals surface area contributed by atoms with Gasteiger partial charge in [0.05, 0.1) is 17.0 Å². The Labute approximate surface area is 213 Å². The monoisotopic (exact) mass is 507 g/mol. The number of nitrogens with one attached hydrogen (secondary N) is 1. The molecule has 4 heterocycles. The quantitative estimate of drug-likeness (QED) is 0.532. The van der Waals surface area contributed by atoms with E-state index in [1.165, 1.54) is 0 Å². The number of ether oxygens (including phenoxy) is 1. The molecule has 180 valence electrons.